The van der Waals surface area contributed by atoms with Gasteiger partial charge in [-0.2, -0.15) is 5.10 Å². The van der Waals surface area contributed by atoms with Crippen LogP contribution in [0, 0.1) is 11.8 Å². The summed E-state index contributed by atoms with van der Waals surface area (Å²) in [6.07, 6.45) is 10.6. The van der Waals surface area contributed by atoms with E-state index < -0.39 is 0 Å². The maximum Gasteiger partial charge on any atom is 0.131 e. The maximum absolute atomic E-state index is 6.05. The molecule has 1 aromatic carbocycles. The van der Waals surface area contributed by atoms with E-state index in [1.54, 1.807) is 6.20 Å². The third-order valence-electron chi connectivity index (χ3n) is 6.60. The van der Waals surface area contributed by atoms with Crippen LogP contribution >= 0.6 is 0 Å². The molecule has 2 bridgehead atoms. The molecule has 5 nitrogen and oxygen atoms in total. The van der Waals surface area contributed by atoms with Crippen molar-refractivity contribution in [2.45, 2.75) is 44.8 Å². The number of benzene rings is 1. The number of nitrogens with zero attached hydrogens (tertiary/aromatic N) is 3. The molecule has 5 heteroatoms. The Hall–Kier alpha value is -2.82. The van der Waals surface area contributed by atoms with Crippen LogP contribution in [0.3, 0.4) is 0 Å². The van der Waals surface area contributed by atoms with Gasteiger partial charge in [-0.1, -0.05) is 12.8 Å². The van der Waals surface area contributed by atoms with Gasteiger partial charge in [0.15, 0.2) is 0 Å². The van der Waals surface area contributed by atoms with Crippen LogP contribution in [0.4, 0.5) is 5.82 Å². The van der Waals surface area contributed by atoms with Crippen molar-refractivity contribution >= 4 is 5.82 Å². The van der Waals surface area contributed by atoms with Gasteiger partial charge in [-0.05, 0) is 61.4 Å². The van der Waals surface area contributed by atoms with Crippen molar-refractivity contribution in [3.05, 3.63) is 54.5 Å². The van der Waals surface area contributed by atoms with Crippen LogP contribution in [0.5, 0.6) is 5.75 Å². The molecule has 0 unspecified atom stereocenters. The molecule has 2 aromatic heterocycles. The van der Waals surface area contributed by atoms with E-state index in [-0.39, 0.29) is 0 Å². The Bertz CT molecular complexity index is 1000. The molecule has 2 aliphatic carbocycles. The summed E-state index contributed by atoms with van der Waals surface area (Å²) < 4.78 is 7.90. The largest absolute Gasteiger partial charge is 0.487 e. The predicted molar refractivity (Wildman–Crippen MR) is 109 cm³/mol. The highest BCUT2D eigenvalue weighted by atomic mass is 16.5. The van der Waals surface area contributed by atoms with Gasteiger partial charge in [-0.3, -0.25) is 0 Å². The summed E-state index contributed by atoms with van der Waals surface area (Å²) in [5.74, 6) is 3.73. The van der Waals surface area contributed by atoms with Crippen molar-refractivity contribution in [3.8, 4) is 22.6 Å². The van der Waals surface area contributed by atoms with E-state index in [1.807, 2.05) is 16.9 Å². The molecular weight excluding hydrogens is 348 g/mol. The number of hydrogen-bond acceptors (Lipinski definition) is 4. The Morgan fingerprint density at radius 1 is 1.00 bits per heavy atom. The Kier molecular flexibility index (Phi) is 3.67. The second kappa shape index (κ2) is 6.36. The number of fused-ring (bicyclic) bond motifs is 5. The van der Waals surface area contributed by atoms with Gasteiger partial charge < -0.3 is 10.1 Å². The van der Waals surface area contributed by atoms with E-state index in [2.05, 4.69) is 40.7 Å². The fraction of sp³-hybridized carbons (Fsp3) is 0.391. The Morgan fingerprint density at radius 3 is 2.68 bits per heavy atom. The Labute approximate surface area is 164 Å². The second-order valence-corrected chi connectivity index (χ2v) is 8.47. The van der Waals surface area contributed by atoms with Gasteiger partial charge in [0.1, 0.15) is 18.2 Å². The first-order valence-corrected chi connectivity index (χ1v) is 10.4. The lowest BCUT2D eigenvalue weighted by molar-refractivity contribution is 0.297. The molecule has 3 atom stereocenters. The van der Waals surface area contributed by atoms with E-state index in [1.165, 1.54) is 37.7 Å². The molecule has 3 aromatic rings. The van der Waals surface area contributed by atoms with E-state index in [0.29, 0.717) is 12.6 Å². The molecule has 6 rings (SSSR count). The van der Waals surface area contributed by atoms with Gasteiger partial charge in [0, 0.05) is 35.6 Å². The normalized spacial score (nSPS) is 24.9. The summed E-state index contributed by atoms with van der Waals surface area (Å²) in [6, 6.07) is 13.1. The third kappa shape index (κ3) is 2.77. The summed E-state index contributed by atoms with van der Waals surface area (Å²) in [5.41, 5.74) is 4.29. The summed E-state index contributed by atoms with van der Waals surface area (Å²) in [7, 11) is 0. The number of pyridine rings is 1. The highest BCUT2D eigenvalue weighted by molar-refractivity contribution is 5.76. The first kappa shape index (κ1) is 16.2. The number of rotatable bonds is 3. The van der Waals surface area contributed by atoms with Crippen molar-refractivity contribution in [3.63, 3.8) is 0 Å². The van der Waals surface area contributed by atoms with Gasteiger partial charge in [0.2, 0.25) is 0 Å². The average molecular weight is 372 g/mol. The Morgan fingerprint density at radius 2 is 1.86 bits per heavy atom. The number of nitrogens with one attached hydrogen (secondary N) is 1. The van der Waals surface area contributed by atoms with E-state index in [0.717, 1.165) is 40.3 Å². The zero-order valence-corrected chi connectivity index (χ0v) is 15.8. The molecule has 0 saturated heterocycles. The molecule has 28 heavy (non-hydrogen) atoms. The first-order valence-electron chi connectivity index (χ1n) is 10.4. The van der Waals surface area contributed by atoms with Crippen LogP contribution in [-0.4, -0.2) is 20.8 Å². The molecule has 3 aliphatic rings. The number of aromatic nitrogens is 3. The van der Waals surface area contributed by atoms with Gasteiger partial charge in [-0.25, -0.2) is 9.67 Å². The standard InChI is InChI=1S/C23H24N4O/c1-8-24-27(9-1)18-4-5-20-19-6-7-23(26-21(19)14-28-22(20)13-18)25-17-11-15-2-3-16(10-15)12-17/h1,4-9,13,15-17H,2-3,10-12,14H2,(H,25,26)/t15-,16+,17-. The highest BCUT2D eigenvalue weighted by Gasteiger charge is 2.34. The first-order chi connectivity index (χ1) is 13.8. The van der Waals surface area contributed by atoms with Crippen molar-refractivity contribution < 1.29 is 4.74 Å². The third-order valence-corrected chi connectivity index (χ3v) is 6.60. The molecule has 0 radical (unpaired) electrons. The Balaban J connectivity index is 1.26. The van der Waals surface area contributed by atoms with E-state index in [9.17, 15) is 0 Å². The van der Waals surface area contributed by atoms with Crippen LogP contribution in [0.2, 0.25) is 0 Å². The fourth-order valence-corrected chi connectivity index (χ4v) is 5.33. The molecule has 0 spiro atoms. The molecule has 2 fully saturated rings. The van der Waals surface area contributed by atoms with Gasteiger partial charge >= 0.3 is 0 Å². The van der Waals surface area contributed by atoms with E-state index in [4.69, 9.17) is 9.72 Å². The monoisotopic (exact) mass is 372 g/mol. The average Bonchev–Trinajstić information content (AvgIpc) is 3.37. The van der Waals surface area contributed by atoms with Crippen LogP contribution in [0.15, 0.2) is 48.8 Å². The van der Waals surface area contributed by atoms with Gasteiger partial charge in [0.05, 0.1) is 11.4 Å². The zero-order chi connectivity index (χ0) is 18.5. The quantitative estimate of drug-likeness (QED) is 0.716. The van der Waals surface area contributed by atoms with Gasteiger partial charge in [-0.15, -0.1) is 0 Å². The minimum Gasteiger partial charge on any atom is -0.487 e. The number of anilines is 1. The van der Waals surface area contributed by atoms with Crippen molar-refractivity contribution in [2.24, 2.45) is 11.8 Å². The summed E-state index contributed by atoms with van der Waals surface area (Å²) in [6.45, 7) is 0.510. The van der Waals surface area contributed by atoms with Crippen LogP contribution < -0.4 is 10.1 Å². The predicted octanol–water partition coefficient (Wildman–Crippen LogP) is 4.82. The van der Waals surface area contributed by atoms with Crippen molar-refractivity contribution in [1.29, 1.82) is 0 Å². The molecular formula is C23H24N4O. The summed E-state index contributed by atoms with van der Waals surface area (Å²) in [4.78, 5) is 4.90. The number of ether oxygens (including phenoxy) is 1. The minimum absolute atomic E-state index is 0.510. The summed E-state index contributed by atoms with van der Waals surface area (Å²) >= 11 is 0. The molecule has 1 aliphatic heterocycles. The molecule has 142 valence electrons. The van der Waals surface area contributed by atoms with Crippen molar-refractivity contribution in [1.82, 2.24) is 14.8 Å². The SMILES string of the molecule is c1cnn(-c2ccc3c(c2)OCc2nc(N[C@@H]4C[C@@H]5CC[C@@H](C5)C4)ccc2-3)c1. The summed E-state index contributed by atoms with van der Waals surface area (Å²) in [5, 5.41) is 8.01. The molecule has 0 amide bonds. The molecule has 3 heterocycles. The van der Waals surface area contributed by atoms with E-state index >= 15 is 0 Å². The van der Waals surface area contributed by atoms with Gasteiger partial charge in [0.25, 0.3) is 0 Å². The zero-order valence-electron chi connectivity index (χ0n) is 15.8. The lowest BCUT2D eigenvalue weighted by atomic mass is 9.85. The minimum atomic E-state index is 0.510. The lowest BCUT2D eigenvalue weighted by Gasteiger charge is -2.29. The molecule has 2 saturated carbocycles. The lowest BCUT2D eigenvalue weighted by Crippen LogP contribution is -2.28. The van der Waals surface area contributed by atoms with Crippen LogP contribution in [0.25, 0.3) is 16.8 Å². The highest BCUT2D eigenvalue weighted by Crippen LogP contribution is 2.43. The molecule has 1 N–H and O–H groups in total. The van der Waals surface area contributed by atoms with Crippen molar-refractivity contribution in [2.75, 3.05) is 5.32 Å². The topological polar surface area (TPSA) is 52.0 Å². The van der Waals surface area contributed by atoms with Crippen LogP contribution in [0.1, 0.15) is 37.8 Å². The second-order valence-electron chi connectivity index (χ2n) is 8.47. The number of hydrogen-bond donors (Lipinski definition) is 1. The smallest absolute Gasteiger partial charge is 0.131 e. The van der Waals surface area contributed by atoms with Crippen LogP contribution in [-0.2, 0) is 6.61 Å². The fourth-order valence-electron chi connectivity index (χ4n) is 5.33. The maximum atomic E-state index is 6.05.